The van der Waals surface area contributed by atoms with Gasteiger partial charge in [0.15, 0.2) is 6.29 Å². The molecule has 0 radical (unpaired) electrons. The Labute approximate surface area is 138 Å². The predicted octanol–water partition coefficient (Wildman–Crippen LogP) is 0.999. The normalized spacial score (nSPS) is 15.0. The van der Waals surface area contributed by atoms with Gasteiger partial charge in [-0.25, -0.2) is 15.0 Å². The van der Waals surface area contributed by atoms with Gasteiger partial charge in [-0.15, -0.1) is 0 Å². The minimum atomic E-state index is -0.463. The van der Waals surface area contributed by atoms with Gasteiger partial charge in [-0.3, -0.25) is 0 Å². The minimum absolute atomic E-state index is 0.0549. The van der Waals surface area contributed by atoms with E-state index in [1.54, 1.807) is 17.8 Å². The van der Waals surface area contributed by atoms with E-state index in [1.807, 2.05) is 13.8 Å². The highest BCUT2D eigenvalue weighted by Crippen LogP contribution is 2.32. The van der Waals surface area contributed by atoms with Gasteiger partial charge in [-0.05, 0) is 18.8 Å². The second kappa shape index (κ2) is 8.26. The molecule has 0 atom stereocenters. The molecule has 128 valence electrons. The van der Waals surface area contributed by atoms with Crippen molar-refractivity contribution >= 4 is 22.7 Å². The first-order valence-electron chi connectivity index (χ1n) is 7.14. The Hall–Kier alpha value is -1.66. The Balaban J connectivity index is 1.89. The molecule has 0 spiro atoms. The molecule has 0 saturated heterocycles. The summed E-state index contributed by atoms with van der Waals surface area (Å²) in [5.41, 5.74) is 6.11. The number of hydrazine groups is 2. The summed E-state index contributed by atoms with van der Waals surface area (Å²) in [5.74, 6) is 0.463. The lowest BCUT2D eigenvalue weighted by molar-refractivity contribution is -0.391. The maximum absolute atomic E-state index is 10.9. The summed E-state index contributed by atoms with van der Waals surface area (Å²) in [6.45, 7) is 5.40. The fourth-order valence-corrected chi connectivity index (χ4v) is 2.76. The molecule has 1 aromatic heterocycles. The Morgan fingerprint density at radius 1 is 1.48 bits per heavy atom. The van der Waals surface area contributed by atoms with Crippen LogP contribution in [0.15, 0.2) is 12.4 Å². The number of rotatable bonds is 9. The van der Waals surface area contributed by atoms with Crippen LogP contribution in [0.1, 0.15) is 19.7 Å². The maximum Gasteiger partial charge on any atom is 0.342 e. The number of nitrogens with one attached hydrogen (secondary N) is 2. The summed E-state index contributed by atoms with van der Waals surface area (Å²) in [6.07, 6.45) is 2.62. The highest BCUT2D eigenvalue weighted by atomic mass is 32.2. The van der Waals surface area contributed by atoms with Crippen LogP contribution in [0, 0.1) is 10.1 Å². The first-order chi connectivity index (χ1) is 11.1. The van der Waals surface area contributed by atoms with Crippen molar-refractivity contribution in [3.8, 4) is 0 Å². The molecule has 2 rings (SSSR count). The van der Waals surface area contributed by atoms with Crippen molar-refractivity contribution in [3.63, 3.8) is 0 Å². The zero-order chi connectivity index (χ0) is 16.8. The molecule has 23 heavy (non-hydrogen) atoms. The van der Waals surface area contributed by atoms with E-state index < -0.39 is 4.92 Å². The number of aromatic nitrogens is 2. The molecule has 1 aliphatic heterocycles. The first-order valence-corrected chi connectivity index (χ1v) is 7.91. The highest BCUT2D eigenvalue weighted by Gasteiger charge is 2.26. The maximum atomic E-state index is 10.9. The summed E-state index contributed by atoms with van der Waals surface area (Å²) in [7, 11) is 1.61. The van der Waals surface area contributed by atoms with Gasteiger partial charge < -0.3 is 25.0 Å². The second-order valence-electron chi connectivity index (χ2n) is 4.48. The van der Waals surface area contributed by atoms with Crippen molar-refractivity contribution in [1.82, 2.24) is 24.9 Å². The lowest BCUT2D eigenvalue weighted by Gasteiger charge is -2.21. The number of hydrogen-bond acceptors (Lipinski definition) is 9. The molecule has 11 heteroatoms. The molecule has 0 aromatic carbocycles. The van der Waals surface area contributed by atoms with Crippen LogP contribution < -0.4 is 10.9 Å². The number of hydrogen-bond donors (Lipinski definition) is 2. The van der Waals surface area contributed by atoms with Gasteiger partial charge in [0.2, 0.25) is 5.82 Å². The van der Waals surface area contributed by atoms with Gasteiger partial charge in [0.1, 0.15) is 11.1 Å². The monoisotopic (exact) mass is 344 g/mol. The number of nitrogens with zero attached hydrogens (tertiary/aromatic N) is 4. The summed E-state index contributed by atoms with van der Waals surface area (Å²) in [6, 6.07) is 0. The first kappa shape index (κ1) is 17.7. The number of ether oxygens (including phenoxy) is 2. The number of nitro groups is 1. The Bertz CT molecular complexity index is 572. The third-order valence-electron chi connectivity index (χ3n) is 2.98. The fourth-order valence-electron chi connectivity index (χ4n) is 1.95. The van der Waals surface area contributed by atoms with E-state index in [9.17, 15) is 10.1 Å². The summed E-state index contributed by atoms with van der Waals surface area (Å²) < 4.78 is 14.0. The lowest BCUT2D eigenvalue weighted by Crippen LogP contribution is -2.43. The van der Waals surface area contributed by atoms with E-state index in [2.05, 4.69) is 15.8 Å². The van der Waals surface area contributed by atoms with Crippen LogP contribution in [0.3, 0.4) is 0 Å². The van der Waals surface area contributed by atoms with Crippen molar-refractivity contribution < 1.29 is 14.4 Å². The third-order valence-corrected chi connectivity index (χ3v) is 3.89. The Morgan fingerprint density at radius 2 is 2.17 bits per heavy atom. The molecule has 2 N–H and O–H groups in total. The zero-order valence-corrected chi connectivity index (χ0v) is 14.0. The molecular formula is C12H20N6O4S. The average Bonchev–Trinajstić information content (AvgIpc) is 3.11. The van der Waals surface area contributed by atoms with Gasteiger partial charge in [-0.1, -0.05) is 4.52 Å². The molecule has 1 aromatic rings. The van der Waals surface area contributed by atoms with Gasteiger partial charge in [0.05, 0.1) is 13.6 Å². The quantitative estimate of drug-likeness (QED) is 0.293. The van der Waals surface area contributed by atoms with E-state index in [4.69, 9.17) is 9.47 Å². The molecule has 0 amide bonds. The van der Waals surface area contributed by atoms with Crippen LogP contribution in [-0.2, 0) is 16.5 Å². The molecule has 10 nitrogen and oxygen atoms in total. The molecule has 1 aliphatic rings. The smallest absolute Gasteiger partial charge is 0.342 e. The topological polar surface area (TPSA) is 107 Å². The van der Waals surface area contributed by atoms with Crippen molar-refractivity contribution in [2.24, 2.45) is 7.05 Å². The van der Waals surface area contributed by atoms with Gasteiger partial charge in [0.25, 0.3) is 0 Å². The van der Waals surface area contributed by atoms with Crippen molar-refractivity contribution in [2.75, 3.05) is 19.8 Å². The van der Waals surface area contributed by atoms with Crippen molar-refractivity contribution in [3.05, 3.63) is 28.3 Å². The van der Waals surface area contributed by atoms with Gasteiger partial charge in [0, 0.05) is 31.4 Å². The Morgan fingerprint density at radius 3 is 2.74 bits per heavy atom. The van der Waals surface area contributed by atoms with E-state index in [1.165, 1.54) is 22.7 Å². The van der Waals surface area contributed by atoms with Gasteiger partial charge >= 0.3 is 5.82 Å². The Kier molecular flexibility index (Phi) is 6.36. The molecular weight excluding hydrogens is 324 g/mol. The van der Waals surface area contributed by atoms with Crippen molar-refractivity contribution in [1.29, 1.82) is 0 Å². The third kappa shape index (κ3) is 4.42. The molecule has 2 heterocycles. The summed E-state index contributed by atoms with van der Waals surface area (Å²) in [4.78, 5) is 15.3. The average molecular weight is 344 g/mol. The second-order valence-corrected chi connectivity index (χ2v) is 5.47. The highest BCUT2D eigenvalue weighted by molar-refractivity contribution is 8.06. The molecule has 0 saturated carbocycles. The molecule has 0 bridgehead atoms. The van der Waals surface area contributed by atoms with E-state index in [0.29, 0.717) is 25.6 Å². The standard InChI is InChI=1S/C12H20N6O4S/c1-4-21-11(22-5-2)8-15-18-14-6-9(23-18)12-13-7-10(16(12)3)17(19)20/h6-7,11,14-15H,4-5,8H2,1-3H3. The molecule has 0 fully saturated rings. The van der Waals surface area contributed by atoms with Crippen LogP contribution in [-0.4, -0.2) is 45.0 Å². The predicted molar refractivity (Wildman–Crippen MR) is 85.4 cm³/mol. The van der Waals surface area contributed by atoms with Crippen LogP contribution >= 0.6 is 11.9 Å². The van der Waals surface area contributed by atoms with Crippen molar-refractivity contribution in [2.45, 2.75) is 20.1 Å². The van der Waals surface area contributed by atoms with E-state index in [0.717, 1.165) is 4.91 Å². The van der Waals surface area contributed by atoms with E-state index in [-0.39, 0.29) is 12.1 Å². The zero-order valence-electron chi connectivity index (χ0n) is 13.2. The van der Waals surface area contributed by atoms with Crippen LogP contribution in [0.4, 0.5) is 5.82 Å². The van der Waals surface area contributed by atoms with E-state index >= 15 is 0 Å². The van der Waals surface area contributed by atoms with Crippen LogP contribution in [0.25, 0.3) is 4.91 Å². The largest absolute Gasteiger partial charge is 0.358 e. The lowest BCUT2D eigenvalue weighted by atomic mass is 10.5. The minimum Gasteiger partial charge on any atom is -0.358 e. The van der Waals surface area contributed by atoms with Gasteiger partial charge in [-0.2, -0.15) is 0 Å². The van der Waals surface area contributed by atoms with Crippen LogP contribution in [0.5, 0.6) is 0 Å². The fraction of sp³-hybridized carbons (Fsp3) is 0.583. The number of imidazole rings is 1. The summed E-state index contributed by atoms with van der Waals surface area (Å²) in [5, 5.41) is 10.9. The van der Waals surface area contributed by atoms with Crippen LogP contribution in [0.2, 0.25) is 0 Å². The summed E-state index contributed by atoms with van der Waals surface area (Å²) >= 11 is 1.34. The molecule has 0 unspecified atom stereocenters. The molecule has 0 aliphatic carbocycles. The SMILES string of the molecule is CCOC(CNN1NC=C(c2ncc([N+](=O)[O-])n2C)S1)OCC.